The predicted octanol–water partition coefficient (Wildman–Crippen LogP) is 1.35. The third-order valence-corrected chi connectivity index (χ3v) is 5.08. The van der Waals surface area contributed by atoms with Crippen molar-refractivity contribution in [1.29, 1.82) is 5.26 Å². The minimum Gasteiger partial charge on any atom is -0.383 e. The van der Waals surface area contributed by atoms with Gasteiger partial charge < -0.3 is 4.74 Å². The minimum atomic E-state index is -3.27. The van der Waals surface area contributed by atoms with Crippen LogP contribution in [0.2, 0.25) is 0 Å². The first kappa shape index (κ1) is 13.1. The number of sulfone groups is 1. The molecule has 5 heteroatoms. The van der Waals surface area contributed by atoms with Crippen LogP contribution in [0.4, 0.5) is 0 Å². The average Bonchev–Trinajstić information content (AvgIpc) is 3.00. The number of hydrogen-bond acceptors (Lipinski definition) is 4. The standard InChI is InChI=1S/C13H15NO3S/c1-17-9-13(8-14)11(12(13)18(2,15)16)10-6-4-3-5-7-10/h3-7,11-12H,9H2,1-2H3/t11-,12+,13+/m0/s1. The molecule has 18 heavy (non-hydrogen) atoms. The van der Waals surface area contributed by atoms with E-state index in [0.29, 0.717) is 0 Å². The van der Waals surface area contributed by atoms with Crippen molar-refractivity contribution >= 4 is 9.84 Å². The molecule has 0 aromatic heterocycles. The van der Waals surface area contributed by atoms with Gasteiger partial charge in [0.1, 0.15) is 5.41 Å². The van der Waals surface area contributed by atoms with Crippen molar-refractivity contribution in [1.82, 2.24) is 0 Å². The molecule has 1 aliphatic carbocycles. The van der Waals surface area contributed by atoms with E-state index in [2.05, 4.69) is 6.07 Å². The normalized spacial score (nSPS) is 30.7. The Bertz CT molecular complexity index is 576. The van der Waals surface area contributed by atoms with Gasteiger partial charge in [0.15, 0.2) is 9.84 Å². The molecular weight excluding hydrogens is 250 g/mol. The summed E-state index contributed by atoms with van der Waals surface area (Å²) in [5.41, 5.74) is -0.0597. The smallest absolute Gasteiger partial charge is 0.152 e. The Hall–Kier alpha value is -1.38. The first-order chi connectivity index (χ1) is 8.47. The zero-order valence-corrected chi connectivity index (χ0v) is 11.1. The van der Waals surface area contributed by atoms with Gasteiger partial charge in [-0.1, -0.05) is 30.3 Å². The van der Waals surface area contributed by atoms with Crippen molar-refractivity contribution in [3.05, 3.63) is 35.9 Å². The van der Waals surface area contributed by atoms with Crippen LogP contribution in [-0.2, 0) is 14.6 Å². The lowest BCUT2D eigenvalue weighted by Crippen LogP contribution is -2.17. The molecule has 3 atom stereocenters. The van der Waals surface area contributed by atoms with Crippen LogP contribution >= 0.6 is 0 Å². The summed E-state index contributed by atoms with van der Waals surface area (Å²) < 4.78 is 28.7. The van der Waals surface area contributed by atoms with Gasteiger partial charge in [0.05, 0.1) is 17.9 Å². The average molecular weight is 265 g/mol. The number of ether oxygens (including phenoxy) is 1. The van der Waals surface area contributed by atoms with Gasteiger partial charge in [-0.25, -0.2) is 8.42 Å². The summed E-state index contributed by atoms with van der Waals surface area (Å²) in [5.74, 6) is -0.293. The van der Waals surface area contributed by atoms with Gasteiger partial charge in [0.25, 0.3) is 0 Å². The lowest BCUT2D eigenvalue weighted by molar-refractivity contribution is 0.162. The molecule has 1 saturated carbocycles. The first-order valence-corrected chi connectivity index (χ1v) is 7.57. The maximum absolute atomic E-state index is 11.8. The van der Waals surface area contributed by atoms with Crippen LogP contribution < -0.4 is 0 Å². The summed E-state index contributed by atoms with van der Waals surface area (Å²) in [6.45, 7) is 0.140. The predicted molar refractivity (Wildman–Crippen MR) is 67.7 cm³/mol. The van der Waals surface area contributed by atoms with Gasteiger partial charge in [0.2, 0.25) is 0 Å². The zero-order valence-electron chi connectivity index (χ0n) is 10.3. The van der Waals surface area contributed by atoms with Gasteiger partial charge in [-0.2, -0.15) is 5.26 Å². The van der Waals surface area contributed by atoms with E-state index in [1.54, 1.807) is 0 Å². The topological polar surface area (TPSA) is 67.2 Å². The molecule has 96 valence electrons. The fourth-order valence-electron chi connectivity index (χ4n) is 2.74. The number of rotatable bonds is 4. The van der Waals surface area contributed by atoms with Gasteiger partial charge in [-0.05, 0) is 5.56 Å². The third kappa shape index (κ3) is 1.92. The largest absolute Gasteiger partial charge is 0.383 e. The third-order valence-electron chi connectivity index (χ3n) is 3.47. The minimum absolute atomic E-state index is 0.140. The Morgan fingerprint density at radius 3 is 2.44 bits per heavy atom. The van der Waals surface area contributed by atoms with Gasteiger partial charge >= 0.3 is 0 Å². The zero-order chi connectivity index (χ0) is 13.4. The van der Waals surface area contributed by atoms with Crippen LogP contribution in [0.15, 0.2) is 30.3 Å². The lowest BCUT2D eigenvalue weighted by atomic mass is 10.0. The second kappa shape index (κ2) is 4.38. The molecule has 0 unspecified atom stereocenters. The second-order valence-corrected chi connectivity index (χ2v) is 6.89. The fourth-order valence-corrected chi connectivity index (χ4v) is 4.59. The van der Waals surface area contributed by atoms with Crippen molar-refractivity contribution in [3.63, 3.8) is 0 Å². The van der Waals surface area contributed by atoms with E-state index < -0.39 is 20.5 Å². The molecule has 0 radical (unpaired) electrons. The second-order valence-electron chi connectivity index (χ2n) is 4.72. The SMILES string of the molecule is COC[C@@]1(C#N)[C@H](S(C)(=O)=O)[C@@H]1c1ccccc1. The highest BCUT2D eigenvalue weighted by Gasteiger charge is 2.71. The summed E-state index contributed by atoms with van der Waals surface area (Å²) in [5, 5.41) is 8.69. The molecule has 4 nitrogen and oxygen atoms in total. The summed E-state index contributed by atoms with van der Waals surface area (Å²) >= 11 is 0. The number of nitriles is 1. The fraction of sp³-hybridized carbons (Fsp3) is 0.462. The van der Waals surface area contributed by atoms with E-state index in [4.69, 9.17) is 4.74 Å². The highest BCUT2D eigenvalue weighted by molar-refractivity contribution is 7.91. The molecule has 1 aliphatic rings. The van der Waals surface area contributed by atoms with Crippen LogP contribution in [0.25, 0.3) is 0 Å². The molecule has 1 aromatic rings. The number of nitrogens with zero attached hydrogens (tertiary/aromatic N) is 1. The molecule has 0 spiro atoms. The van der Waals surface area contributed by atoms with Crippen molar-refractivity contribution in [3.8, 4) is 6.07 Å². The van der Waals surface area contributed by atoms with E-state index in [1.165, 1.54) is 13.4 Å². The molecule has 0 saturated heterocycles. The number of methoxy groups -OCH3 is 1. The molecule has 1 fully saturated rings. The van der Waals surface area contributed by atoms with Crippen molar-refractivity contribution in [2.45, 2.75) is 11.2 Å². The number of benzene rings is 1. The Labute approximate surface area is 107 Å². The lowest BCUT2D eigenvalue weighted by Gasteiger charge is -2.06. The molecule has 0 amide bonds. The molecule has 0 heterocycles. The summed E-state index contributed by atoms with van der Waals surface area (Å²) in [7, 11) is -1.79. The maximum Gasteiger partial charge on any atom is 0.152 e. The van der Waals surface area contributed by atoms with Crippen molar-refractivity contribution in [2.75, 3.05) is 20.0 Å². The molecular formula is C13H15NO3S. The summed E-state index contributed by atoms with van der Waals surface area (Å²) in [6, 6.07) is 11.4. The van der Waals surface area contributed by atoms with Gasteiger partial charge in [-0.15, -0.1) is 0 Å². The Morgan fingerprint density at radius 1 is 1.39 bits per heavy atom. The summed E-state index contributed by atoms with van der Waals surface area (Å²) in [6.07, 6.45) is 1.18. The van der Waals surface area contributed by atoms with E-state index >= 15 is 0 Å². The van der Waals surface area contributed by atoms with E-state index in [-0.39, 0.29) is 12.5 Å². The van der Waals surface area contributed by atoms with E-state index in [0.717, 1.165) is 5.56 Å². The van der Waals surface area contributed by atoms with E-state index in [9.17, 15) is 13.7 Å². The number of hydrogen-bond donors (Lipinski definition) is 0. The highest BCUT2D eigenvalue weighted by Crippen LogP contribution is 2.62. The van der Waals surface area contributed by atoms with Gasteiger partial charge in [-0.3, -0.25) is 0 Å². The molecule has 2 rings (SSSR count). The molecule has 0 bridgehead atoms. The quantitative estimate of drug-likeness (QED) is 0.824. The van der Waals surface area contributed by atoms with Gasteiger partial charge in [0, 0.05) is 19.3 Å². The Balaban J connectivity index is 2.45. The Kier molecular flexibility index (Phi) is 3.18. The molecule has 0 aliphatic heterocycles. The first-order valence-electron chi connectivity index (χ1n) is 5.61. The van der Waals surface area contributed by atoms with Crippen LogP contribution in [0, 0.1) is 16.7 Å². The summed E-state index contributed by atoms with van der Waals surface area (Å²) in [4.78, 5) is 0. The van der Waals surface area contributed by atoms with Crippen molar-refractivity contribution < 1.29 is 13.2 Å². The molecule has 0 N–H and O–H groups in total. The molecule has 1 aromatic carbocycles. The van der Waals surface area contributed by atoms with Crippen LogP contribution in [-0.4, -0.2) is 33.6 Å². The highest BCUT2D eigenvalue weighted by atomic mass is 32.2. The van der Waals surface area contributed by atoms with Crippen molar-refractivity contribution in [2.24, 2.45) is 5.41 Å². The van der Waals surface area contributed by atoms with E-state index in [1.807, 2.05) is 30.3 Å². The monoisotopic (exact) mass is 265 g/mol. The Morgan fingerprint density at radius 2 is 2.00 bits per heavy atom. The van der Waals surface area contributed by atoms with Crippen LogP contribution in [0.1, 0.15) is 11.5 Å². The van der Waals surface area contributed by atoms with Crippen LogP contribution in [0.3, 0.4) is 0 Å². The maximum atomic E-state index is 11.8. The van der Waals surface area contributed by atoms with Crippen LogP contribution in [0.5, 0.6) is 0 Å².